The Labute approximate surface area is 210 Å². The molecule has 1 heterocycles. The van der Waals surface area contributed by atoms with E-state index in [1.165, 1.54) is 7.11 Å². The molecule has 0 aromatic heterocycles. The largest absolute Gasteiger partial charge is 0.453 e. The van der Waals surface area contributed by atoms with E-state index in [9.17, 15) is 14.4 Å². The topological polar surface area (TPSA) is 114 Å². The lowest BCUT2D eigenvalue weighted by Gasteiger charge is -2.30. The highest BCUT2D eigenvalue weighted by molar-refractivity contribution is 5.99. The van der Waals surface area contributed by atoms with Crippen molar-refractivity contribution in [2.75, 3.05) is 24.7 Å². The van der Waals surface area contributed by atoms with Gasteiger partial charge in [-0.15, -0.1) is 0 Å². The van der Waals surface area contributed by atoms with Crippen LogP contribution in [0.15, 0.2) is 60.7 Å². The summed E-state index contributed by atoms with van der Waals surface area (Å²) in [4.78, 5) is 39.6. The van der Waals surface area contributed by atoms with Crippen molar-refractivity contribution in [2.24, 2.45) is 5.92 Å². The summed E-state index contributed by atoms with van der Waals surface area (Å²) < 4.78 is 4.66. The zero-order valence-electron chi connectivity index (χ0n) is 20.8. The van der Waals surface area contributed by atoms with Crippen molar-refractivity contribution in [3.63, 3.8) is 0 Å². The lowest BCUT2D eigenvalue weighted by atomic mass is 10.0. The van der Waals surface area contributed by atoms with Gasteiger partial charge in [0.25, 0.3) is 0 Å². The monoisotopic (exact) mass is 488 g/mol. The Kier molecular flexibility index (Phi) is 7.43. The number of nitrogen functional groups attached to an aromatic ring is 1. The highest BCUT2D eigenvalue weighted by atomic mass is 16.5. The second-order valence-electron chi connectivity index (χ2n) is 9.44. The number of benzene rings is 3. The maximum Gasteiger partial charge on any atom is 0.407 e. The van der Waals surface area contributed by atoms with Gasteiger partial charge in [-0.3, -0.25) is 9.59 Å². The fraction of sp³-hybridized carbons (Fsp3) is 0.321. The quantitative estimate of drug-likeness (QED) is 0.445. The number of hydrogen-bond donors (Lipinski definition) is 3. The Morgan fingerprint density at radius 3 is 2.33 bits per heavy atom. The highest BCUT2D eigenvalue weighted by Gasteiger charge is 2.38. The Morgan fingerprint density at radius 1 is 0.972 bits per heavy atom. The third-order valence-corrected chi connectivity index (χ3v) is 6.58. The lowest BCUT2D eigenvalue weighted by Crippen LogP contribution is -2.54. The van der Waals surface area contributed by atoms with Crippen LogP contribution in [-0.2, 0) is 14.3 Å². The second kappa shape index (κ2) is 10.7. The van der Waals surface area contributed by atoms with Gasteiger partial charge in [-0.1, -0.05) is 44.2 Å². The van der Waals surface area contributed by atoms with Crippen LogP contribution < -0.4 is 16.4 Å². The van der Waals surface area contributed by atoms with Crippen molar-refractivity contribution in [3.8, 4) is 11.1 Å². The number of nitrogens with zero attached hydrogens (tertiary/aromatic N) is 1. The average Bonchev–Trinajstić information content (AvgIpc) is 3.37. The van der Waals surface area contributed by atoms with Gasteiger partial charge >= 0.3 is 6.09 Å². The second-order valence-corrected chi connectivity index (χ2v) is 9.44. The summed E-state index contributed by atoms with van der Waals surface area (Å²) in [5.74, 6) is -0.667. The first-order valence-corrected chi connectivity index (χ1v) is 12.1. The molecule has 2 atom stereocenters. The number of ether oxygens (including phenoxy) is 1. The number of rotatable bonds is 6. The SMILES string of the molecule is COC(=O)N[C@H](C(=O)N1CCC[C@H]1C(=O)Nc1ccc(-c2ccc3cc(N)ccc3c2)cc1)C(C)C. The predicted octanol–water partition coefficient (Wildman–Crippen LogP) is 4.40. The molecule has 1 saturated heterocycles. The van der Waals surface area contributed by atoms with E-state index >= 15 is 0 Å². The minimum Gasteiger partial charge on any atom is -0.453 e. The van der Waals surface area contributed by atoms with E-state index < -0.39 is 18.2 Å². The molecule has 0 radical (unpaired) electrons. The molecule has 1 aliphatic rings. The first-order valence-electron chi connectivity index (χ1n) is 12.1. The normalized spacial score (nSPS) is 16.1. The summed E-state index contributed by atoms with van der Waals surface area (Å²) in [5, 5.41) is 7.73. The summed E-state index contributed by atoms with van der Waals surface area (Å²) in [7, 11) is 1.25. The molecule has 4 N–H and O–H groups in total. The van der Waals surface area contributed by atoms with Crippen molar-refractivity contribution in [2.45, 2.75) is 38.8 Å². The number of alkyl carbamates (subject to hydrolysis) is 1. The average molecular weight is 489 g/mol. The lowest BCUT2D eigenvalue weighted by molar-refractivity contribution is -0.139. The minimum absolute atomic E-state index is 0.152. The molecule has 188 valence electrons. The molecule has 1 fully saturated rings. The molecule has 1 aliphatic heterocycles. The molecule has 8 nitrogen and oxygen atoms in total. The van der Waals surface area contributed by atoms with Crippen molar-refractivity contribution >= 4 is 40.1 Å². The molecule has 8 heteroatoms. The molecular formula is C28H32N4O4. The first kappa shape index (κ1) is 25.0. The Balaban J connectivity index is 1.44. The van der Waals surface area contributed by atoms with Crippen LogP contribution in [0, 0.1) is 5.92 Å². The van der Waals surface area contributed by atoms with Crippen molar-refractivity contribution in [3.05, 3.63) is 60.7 Å². The summed E-state index contributed by atoms with van der Waals surface area (Å²) in [6.45, 7) is 4.15. The molecule has 0 spiro atoms. The third-order valence-electron chi connectivity index (χ3n) is 6.58. The summed E-state index contributed by atoms with van der Waals surface area (Å²) in [5.41, 5.74) is 9.36. The van der Waals surface area contributed by atoms with Gasteiger partial charge < -0.3 is 26.0 Å². The summed E-state index contributed by atoms with van der Waals surface area (Å²) in [6, 6.07) is 18.3. The number of fused-ring (bicyclic) bond motifs is 1. The number of amides is 3. The summed E-state index contributed by atoms with van der Waals surface area (Å²) >= 11 is 0. The van der Waals surface area contributed by atoms with Crippen LogP contribution in [0.5, 0.6) is 0 Å². The van der Waals surface area contributed by atoms with E-state index in [0.29, 0.717) is 18.7 Å². The number of nitrogens with two attached hydrogens (primary N) is 1. The molecule has 0 aliphatic carbocycles. The van der Waals surface area contributed by atoms with E-state index in [1.54, 1.807) is 4.90 Å². The number of nitrogens with one attached hydrogen (secondary N) is 2. The maximum absolute atomic E-state index is 13.2. The molecule has 0 unspecified atom stereocenters. The molecule has 4 rings (SSSR count). The van der Waals surface area contributed by atoms with Gasteiger partial charge in [0.1, 0.15) is 12.1 Å². The number of likely N-dealkylation sites (tertiary alicyclic amines) is 1. The van der Waals surface area contributed by atoms with Crippen LogP contribution >= 0.6 is 0 Å². The summed E-state index contributed by atoms with van der Waals surface area (Å²) in [6.07, 6.45) is 0.623. The standard InChI is InChI=1S/C28H32N4O4/c1-17(2)25(31-28(35)36-3)27(34)32-14-4-5-24(32)26(33)30-23-12-9-18(10-13-23)19-6-7-21-16-22(29)11-8-20(21)15-19/h6-13,15-17,24-25H,4-5,14,29H2,1-3H3,(H,30,33)(H,31,35)/t24-,25-/m0/s1. The van der Waals surface area contributed by atoms with E-state index in [4.69, 9.17) is 5.73 Å². The van der Waals surface area contributed by atoms with E-state index in [0.717, 1.165) is 34.0 Å². The van der Waals surface area contributed by atoms with Gasteiger partial charge in [0, 0.05) is 17.9 Å². The van der Waals surface area contributed by atoms with Crippen LogP contribution in [0.4, 0.5) is 16.2 Å². The van der Waals surface area contributed by atoms with Crippen LogP contribution in [-0.4, -0.2) is 48.5 Å². The Bertz CT molecular complexity index is 1270. The molecule has 3 aromatic carbocycles. The van der Waals surface area contributed by atoms with Crippen molar-refractivity contribution in [1.82, 2.24) is 10.2 Å². The van der Waals surface area contributed by atoms with Gasteiger partial charge in [-0.2, -0.15) is 0 Å². The molecule has 36 heavy (non-hydrogen) atoms. The number of methoxy groups -OCH3 is 1. The molecule has 0 bridgehead atoms. The fourth-order valence-corrected chi connectivity index (χ4v) is 4.60. The Hall–Kier alpha value is -4.07. The number of carbonyl (C=O) groups excluding carboxylic acids is 3. The molecule has 3 aromatic rings. The number of hydrogen-bond acceptors (Lipinski definition) is 5. The van der Waals surface area contributed by atoms with Gasteiger partial charge in [0.05, 0.1) is 7.11 Å². The van der Waals surface area contributed by atoms with Gasteiger partial charge in [0.2, 0.25) is 11.8 Å². The number of anilines is 2. The maximum atomic E-state index is 13.2. The smallest absolute Gasteiger partial charge is 0.407 e. The zero-order chi connectivity index (χ0) is 25.8. The minimum atomic E-state index is -0.761. The molecule has 0 saturated carbocycles. The van der Waals surface area contributed by atoms with Gasteiger partial charge in [-0.05, 0) is 71.0 Å². The van der Waals surface area contributed by atoms with Gasteiger partial charge in [0.15, 0.2) is 0 Å². The van der Waals surface area contributed by atoms with Gasteiger partial charge in [-0.25, -0.2) is 4.79 Å². The van der Waals surface area contributed by atoms with Crippen LogP contribution in [0.3, 0.4) is 0 Å². The zero-order valence-corrected chi connectivity index (χ0v) is 20.8. The van der Waals surface area contributed by atoms with Crippen LogP contribution in [0.2, 0.25) is 0 Å². The fourth-order valence-electron chi connectivity index (χ4n) is 4.60. The number of carbonyl (C=O) groups is 3. The van der Waals surface area contributed by atoms with Crippen molar-refractivity contribution in [1.29, 1.82) is 0 Å². The van der Waals surface area contributed by atoms with Crippen LogP contribution in [0.1, 0.15) is 26.7 Å². The van der Waals surface area contributed by atoms with Crippen molar-refractivity contribution < 1.29 is 19.1 Å². The molecular weight excluding hydrogens is 456 g/mol. The Morgan fingerprint density at radius 2 is 1.64 bits per heavy atom. The highest BCUT2D eigenvalue weighted by Crippen LogP contribution is 2.27. The predicted molar refractivity (Wildman–Crippen MR) is 141 cm³/mol. The third kappa shape index (κ3) is 5.43. The van der Waals surface area contributed by atoms with E-state index in [-0.39, 0.29) is 17.7 Å². The first-order chi connectivity index (χ1) is 17.3. The molecule has 3 amide bonds. The van der Waals surface area contributed by atoms with E-state index in [1.807, 2.05) is 68.4 Å². The van der Waals surface area contributed by atoms with E-state index in [2.05, 4.69) is 21.4 Å². The van der Waals surface area contributed by atoms with Crippen LogP contribution in [0.25, 0.3) is 21.9 Å².